The van der Waals surface area contributed by atoms with Crippen LogP contribution in [0.1, 0.15) is 43.2 Å². The van der Waals surface area contributed by atoms with Crippen LogP contribution < -0.4 is 11.1 Å². The molecule has 3 nitrogen and oxygen atoms in total. The van der Waals surface area contributed by atoms with E-state index in [1.54, 1.807) is 0 Å². The number of anilines is 1. The summed E-state index contributed by atoms with van der Waals surface area (Å²) in [5.41, 5.74) is 9.23. The molecule has 3 N–H and O–H groups in total. The molecule has 0 bridgehead atoms. The lowest BCUT2D eigenvalue weighted by Gasteiger charge is -2.30. The third-order valence-corrected chi connectivity index (χ3v) is 5.25. The van der Waals surface area contributed by atoms with Gasteiger partial charge in [-0.1, -0.05) is 61.4 Å². The van der Waals surface area contributed by atoms with Gasteiger partial charge in [-0.3, -0.25) is 4.79 Å². The number of aryl methyl sites for hydroxylation is 1. The average molecular weight is 322 g/mol. The predicted molar refractivity (Wildman–Crippen MR) is 98.8 cm³/mol. The van der Waals surface area contributed by atoms with Crippen LogP contribution in [0.3, 0.4) is 0 Å². The van der Waals surface area contributed by atoms with Crippen LogP contribution in [0, 0.1) is 0 Å². The number of nitrogens with two attached hydrogens (primary N) is 1. The Labute approximate surface area is 144 Å². The van der Waals surface area contributed by atoms with Gasteiger partial charge in [-0.25, -0.2) is 0 Å². The molecule has 0 aromatic heterocycles. The highest BCUT2D eigenvalue weighted by atomic mass is 16.1. The molecule has 3 rings (SSSR count). The third-order valence-electron chi connectivity index (χ3n) is 5.25. The summed E-state index contributed by atoms with van der Waals surface area (Å²) in [6, 6.07) is 18.4. The van der Waals surface area contributed by atoms with E-state index in [1.165, 1.54) is 18.4 Å². The number of amides is 1. The summed E-state index contributed by atoms with van der Waals surface area (Å²) in [5, 5.41) is 3.17. The molecule has 1 aliphatic rings. The molecule has 2 aromatic rings. The highest BCUT2D eigenvalue weighted by Crippen LogP contribution is 2.40. The molecule has 0 spiro atoms. The lowest BCUT2D eigenvalue weighted by atomic mass is 9.79. The zero-order valence-corrected chi connectivity index (χ0v) is 14.1. The maximum absolute atomic E-state index is 12.3. The summed E-state index contributed by atoms with van der Waals surface area (Å²) >= 11 is 0. The first-order valence-corrected chi connectivity index (χ1v) is 8.85. The number of carbonyl (C=O) groups excluding carboxylic acids is 1. The molecule has 24 heavy (non-hydrogen) atoms. The van der Waals surface area contributed by atoms with Crippen LogP contribution in [0.15, 0.2) is 54.6 Å². The highest BCUT2D eigenvalue weighted by molar-refractivity contribution is 5.76. The van der Waals surface area contributed by atoms with Gasteiger partial charge in [-0.2, -0.15) is 0 Å². The Balaban J connectivity index is 1.57. The van der Waals surface area contributed by atoms with Crippen molar-refractivity contribution in [1.82, 2.24) is 5.32 Å². The maximum atomic E-state index is 12.3. The maximum Gasteiger partial charge on any atom is 0.220 e. The van der Waals surface area contributed by atoms with Crippen LogP contribution in [-0.4, -0.2) is 12.5 Å². The number of para-hydroxylation sites is 1. The van der Waals surface area contributed by atoms with Gasteiger partial charge in [0, 0.05) is 24.1 Å². The van der Waals surface area contributed by atoms with E-state index in [1.807, 2.05) is 24.3 Å². The Morgan fingerprint density at radius 2 is 1.67 bits per heavy atom. The molecule has 0 radical (unpaired) electrons. The Morgan fingerprint density at radius 1 is 1.00 bits per heavy atom. The highest BCUT2D eigenvalue weighted by Gasteiger charge is 2.35. The molecule has 126 valence electrons. The van der Waals surface area contributed by atoms with Crippen molar-refractivity contribution in [3.05, 3.63) is 65.7 Å². The number of nitrogens with one attached hydrogen (secondary N) is 1. The van der Waals surface area contributed by atoms with Crippen LogP contribution >= 0.6 is 0 Å². The Bertz CT molecular complexity index is 675. The second-order valence-corrected chi connectivity index (χ2v) is 6.83. The second-order valence-electron chi connectivity index (χ2n) is 6.83. The molecule has 2 aromatic carbocycles. The van der Waals surface area contributed by atoms with Crippen molar-refractivity contribution in [3.8, 4) is 0 Å². The topological polar surface area (TPSA) is 55.1 Å². The van der Waals surface area contributed by atoms with Crippen molar-refractivity contribution < 1.29 is 4.79 Å². The summed E-state index contributed by atoms with van der Waals surface area (Å²) in [4.78, 5) is 12.3. The molecule has 1 amide bonds. The van der Waals surface area contributed by atoms with E-state index in [9.17, 15) is 4.79 Å². The summed E-state index contributed by atoms with van der Waals surface area (Å²) in [7, 11) is 0. The quantitative estimate of drug-likeness (QED) is 0.794. The molecule has 0 saturated heterocycles. The van der Waals surface area contributed by atoms with E-state index in [0.29, 0.717) is 12.8 Å². The third kappa shape index (κ3) is 3.78. The summed E-state index contributed by atoms with van der Waals surface area (Å²) < 4.78 is 0. The van der Waals surface area contributed by atoms with E-state index in [-0.39, 0.29) is 11.3 Å². The smallest absolute Gasteiger partial charge is 0.220 e. The lowest BCUT2D eigenvalue weighted by Crippen LogP contribution is -2.39. The van der Waals surface area contributed by atoms with Crippen LogP contribution in [0.25, 0.3) is 0 Å². The molecular weight excluding hydrogens is 296 g/mol. The summed E-state index contributed by atoms with van der Waals surface area (Å²) in [5.74, 6) is 0.112. The number of hydrogen-bond donors (Lipinski definition) is 2. The molecular formula is C21H26N2O. The van der Waals surface area contributed by atoms with Gasteiger partial charge in [-0.05, 0) is 36.5 Å². The van der Waals surface area contributed by atoms with Crippen molar-refractivity contribution in [2.24, 2.45) is 0 Å². The normalized spacial score (nSPS) is 16.0. The van der Waals surface area contributed by atoms with Crippen LogP contribution in [0.5, 0.6) is 0 Å². The zero-order chi connectivity index (χ0) is 16.8. The van der Waals surface area contributed by atoms with E-state index < -0.39 is 0 Å². The van der Waals surface area contributed by atoms with Gasteiger partial charge in [-0.15, -0.1) is 0 Å². The van der Waals surface area contributed by atoms with Crippen molar-refractivity contribution >= 4 is 11.6 Å². The van der Waals surface area contributed by atoms with E-state index in [4.69, 9.17) is 5.73 Å². The van der Waals surface area contributed by atoms with Crippen molar-refractivity contribution in [2.75, 3.05) is 12.3 Å². The van der Waals surface area contributed by atoms with Gasteiger partial charge in [0.05, 0.1) is 0 Å². The van der Waals surface area contributed by atoms with Gasteiger partial charge in [0.1, 0.15) is 0 Å². The van der Waals surface area contributed by atoms with Crippen molar-refractivity contribution in [3.63, 3.8) is 0 Å². The summed E-state index contributed by atoms with van der Waals surface area (Å²) in [6.07, 6.45) is 5.97. The minimum absolute atomic E-state index is 0.112. The Morgan fingerprint density at radius 3 is 2.38 bits per heavy atom. The molecule has 1 saturated carbocycles. The monoisotopic (exact) mass is 322 g/mol. The molecule has 1 fully saturated rings. The van der Waals surface area contributed by atoms with E-state index in [0.717, 1.165) is 30.6 Å². The number of nitrogen functional groups attached to an aromatic ring is 1. The van der Waals surface area contributed by atoms with Gasteiger partial charge >= 0.3 is 0 Å². The van der Waals surface area contributed by atoms with Crippen LogP contribution in [0.2, 0.25) is 0 Å². The molecule has 0 heterocycles. The first kappa shape index (κ1) is 16.6. The number of hydrogen-bond acceptors (Lipinski definition) is 2. The van der Waals surface area contributed by atoms with Crippen LogP contribution in [-0.2, 0) is 16.6 Å². The number of carbonyl (C=O) groups is 1. The van der Waals surface area contributed by atoms with Crippen LogP contribution in [0.4, 0.5) is 5.69 Å². The first-order valence-electron chi connectivity index (χ1n) is 8.85. The Kier molecular flexibility index (Phi) is 5.19. The zero-order valence-electron chi connectivity index (χ0n) is 14.1. The largest absolute Gasteiger partial charge is 0.399 e. The van der Waals surface area contributed by atoms with E-state index in [2.05, 4.69) is 35.6 Å². The fourth-order valence-electron chi connectivity index (χ4n) is 3.78. The number of rotatable bonds is 6. The fraction of sp³-hybridized carbons (Fsp3) is 0.381. The van der Waals surface area contributed by atoms with Gasteiger partial charge in [0.25, 0.3) is 0 Å². The average Bonchev–Trinajstić information content (AvgIpc) is 3.10. The molecule has 0 unspecified atom stereocenters. The minimum atomic E-state index is 0.112. The molecule has 3 heteroatoms. The van der Waals surface area contributed by atoms with Crippen molar-refractivity contribution in [1.29, 1.82) is 0 Å². The predicted octanol–water partition coefficient (Wildman–Crippen LogP) is 3.83. The number of benzene rings is 2. The van der Waals surface area contributed by atoms with Gasteiger partial charge in [0.15, 0.2) is 0 Å². The molecule has 0 atom stereocenters. The lowest BCUT2D eigenvalue weighted by molar-refractivity contribution is -0.121. The summed E-state index contributed by atoms with van der Waals surface area (Å²) in [6.45, 7) is 0.736. The van der Waals surface area contributed by atoms with E-state index >= 15 is 0 Å². The molecule has 1 aliphatic carbocycles. The van der Waals surface area contributed by atoms with Gasteiger partial charge < -0.3 is 11.1 Å². The first-order chi connectivity index (χ1) is 11.7. The molecule has 0 aliphatic heterocycles. The standard InChI is InChI=1S/C21H26N2O/c22-19-11-5-4-8-17(19)12-13-20(24)23-16-21(14-6-7-15-21)18-9-2-1-3-10-18/h1-5,8-11H,6-7,12-16,22H2,(H,23,24). The van der Waals surface area contributed by atoms with Gasteiger partial charge in [0.2, 0.25) is 5.91 Å². The SMILES string of the molecule is Nc1ccccc1CCC(=O)NCC1(c2ccccc2)CCCC1. The second kappa shape index (κ2) is 7.52. The Hall–Kier alpha value is -2.29. The minimum Gasteiger partial charge on any atom is -0.399 e. The van der Waals surface area contributed by atoms with Crippen molar-refractivity contribution in [2.45, 2.75) is 43.9 Å². The fourth-order valence-corrected chi connectivity index (χ4v) is 3.78.